The van der Waals surface area contributed by atoms with Gasteiger partial charge < -0.3 is 14.9 Å². The highest BCUT2D eigenvalue weighted by atomic mass is 16.5. The lowest BCUT2D eigenvalue weighted by Crippen LogP contribution is -1.98. The fourth-order valence-corrected chi connectivity index (χ4v) is 0.562. The van der Waals surface area contributed by atoms with E-state index in [9.17, 15) is 0 Å². The highest BCUT2D eigenvalue weighted by molar-refractivity contribution is 5.10. The van der Waals surface area contributed by atoms with E-state index in [1.165, 1.54) is 6.26 Å². The molecule has 0 saturated heterocycles. The lowest BCUT2D eigenvalue weighted by Gasteiger charge is -2.10. The third-order valence-electron chi connectivity index (χ3n) is 1.13. The average Bonchev–Trinajstić information content (AvgIpc) is 1.80. The molecule has 0 bridgehead atoms. The zero-order valence-electron chi connectivity index (χ0n) is 5.09. The molecule has 50 valence electrons. The van der Waals surface area contributed by atoms with Gasteiger partial charge in [-0.15, -0.1) is 0 Å². The van der Waals surface area contributed by atoms with E-state index in [1.54, 1.807) is 6.92 Å². The maximum atomic E-state index is 8.90. The lowest BCUT2D eigenvalue weighted by molar-refractivity contribution is 0.232. The van der Waals surface area contributed by atoms with Crippen molar-refractivity contribution in [2.24, 2.45) is 0 Å². The summed E-state index contributed by atoms with van der Waals surface area (Å²) in [5.41, 5.74) is 0. The molecule has 1 heterocycles. The fraction of sp³-hybridized carbons (Fsp3) is 0.333. The molecular weight excluding hydrogens is 120 g/mol. The van der Waals surface area contributed by atoms with E-state index >= 15 is 0 Å². The number of rotatable bonds is 0. The van der Waals surface area contributed by atoms with Gasteiger partial charge in [0.2, 0.25) is 0 Å². The van der Waals surface area contributed by atoms with Crippen LogP contribution < -0.4 is 0 Å². The smallest absolute Gasteiger partial charge is 0.138 e. The molecule has 0 aliphatic carbocycles. The molecule has 0 spiro atoms. The van der Waals surface area contributed by atoms with Crippen molar-refractivity contribution in [1.82, 2.24) is 0 Å². The van der Waals surface area contributed by atoms with E-state index < -0.39 is 0 Å². The molecule has 0 aromatic heterocycles. The van der Waals surface area contributed by atoms with Crippen LogP contribution in [0.2, 0.25) is 0 Å². The highest BCUT2D eigenvalue weighted by Crippen LogP contribution is 2.17. The van der Waals surface area contributed by atoms with Gasteiger partial charge in [0, 0.05) is 0 Å². The Balaban J connectivity index is 2.70. The monoisotopic (exact) mass is 128 g/mol. The zero-order chi connectivity index (χ0) is 6.85. The number of allylic oxidation sites excluding steroid dienone is 1. The van der Waals surface area contributed by atoms with Crippen molar-refractivity contribution < 1.29 is 14.9 Å². The topological polar surface area (TPSA) is 49.7 Å². The molecular formula is C6H8O3. The first-order valence-corrected chi connectivity index (χ1v) is 2.63. The minimum atomic E-state index is 0.0538. The molecule has 9 heavy (non-hydrogen) atoms. The van der Waals surface area contributed by atoms with E-state index in [2.05, 4.69) is 0 Å². The number of aliphatic hydroxyl groups excluding tert-OH is 2. The Labute approximate surface area is 52.9 Å². The van der Waals surface area contributed by atoms with Crippen molar-refractivity contribution in [2.75, 3.05) is 0 Å². The highest BCUT2D eigenvalue weighted by Gasteiger charge is 2.09. The van der Waals surface area contributed by atoms with Gasteiger partial charge >= 0.3 is 0 Å². The van der Waals surface area contributed by atoms with Crippen LogP contribution in [-0.4, -0.2) is 10.2 Å². The van der Waals surface area contributed by atoms with E-state index in [-0.39, 0.29) is 17.9 Å². The SMILES string of the molecule is CC1=C(O)CC(O)=CO1. The minimum absolute atomic E-state index is 0.0538. The minimum Gasteiger partial charge on any atom is -0.509 e. The van der Waals surface area contributed by atoms with E-state index in [0.717, 1.165) is 0 Å². The van der Waals surface area contributed by atoms with Crippen molar-refractivity contribution in [3.8, 4) is 0 Å². The van der Waals surface area contributed by atoms with Gasteiger partial charge in [0.05, 0.1) is 6.42 Å². The van der Waals surface area contributed by atoms with Crippen molar-refractivity contribution in [3.05, 3.63) is 23.5 Å². The van der Waals surface area contributed by atoms with Crippen molar-refractivity contribution in [1.29, 1.82) is 0 Å². The Morgan fingerprint density at radius 2 is 2.22 bits per heavy atom. The number of hydrogen-bond donors (Lipinski definition) is 2. The van der Waals surface area contributed by atoms with Gasteiger partial charge in [-0.25, -0.2) is 0 Å². The van der Waals surface area contributed by atoms with Gasteiger partial charge in [-0.3, -0.25) is 0 Å². The van der Waals surface area contributed by atoms with E-state index in [0.29, 0.717) is 5.76 Å². The maximum absolute atomic E-state index is 8.90. The second-order valence-corrected chi connectivity index (χ2v) is 1.91. The predicted octanol–water partition coefficient (Wildman–Crippen LogP) is 1.60. The molecule has 3 heteroatoms. The number of hydrogen-bond acceptors (Lipinski definition) is 3. The summed E-state index contributed by atoms with van der Waals surface area (Å²) < 4.78 is 4.72. The Kier molecular flexibility index (Phi) is 1.34. The molecule has 0 fully saturated rings. The molecule has 0 aromatic carbocycles. The first kappa shape index (κ1) is 6.01. The quantitative estimate of drug-likeness (QED) is 0.520. The van der Waals surface area contributed by atoms with Gasteiger partial charge in [0.25, 0.3) is 0 Å². The summed E-state index contributed by atoms with van der Waals surface area (Å²) in [5.74, 6) is 0.598. The van der Waals surface area contributed by atoms with Gasteiger partial charge in [-0.05, 0) is 6.92 Å². The lowest BCUT2D eigenvalue weighted by atomic mass is 10.2. The summed E-state index contributed by atoms with van der Waals surface area (Å²) in [5, 5.41) is 17.6. The summed E-state index contributed by atoms with van der Waals surface area (Å²) in [4.78, 5) is 0. The summed E-state index contributed by atoms with van der Waals surface area (Å²) in [6.45, 7) is 1.64. The van der Waals surface area contributed by atoms with Crippen LogP contribution >= 0.6 is 0 Å². The zero-order valence-corrected chi connectivity index (χ0v) is 5.09. The van der Waals surface area contributed by atoms with Gasteiger partial charge in [0.1, 0.15) is 23.5 Å². The van der Waals surface area contributed by atoms with E-state index in [4.69, 9.17) is 14.9 Å². The third-order valence-corrected chi connectivity index (χ3v) is 1.13. The number of ether oxygens (including phenoxy) is 1. The molecule has 0 saturated carbocycles. The maximum Gasteiger partial charge on any atom is 0.138 e. The molecule has 1 rings (SSSR count). The van der Waals surface area contributed by atoms with Crippen molar-refractivity contribution in [3.63, 3.8) is 0 Å². The standard InChI is InChI=1S/C6H8O3/c1-4-6(8)2-5(7)3-9-4/h3,7-8H,2H2,1H3. The van der Waals surface area contributed by atoms with Gasteiger partial charge in [-0.2, -0.15) is 0 Å². The normalized spacial score (nSPS) is 19.0. The molecule has 0 amide bonds. The first-order chi connectivity index (χ1) is 4.20. The second kappa shape index (κ2) is 2.01. The predicted molar refractivity (Wildman–Crippen MR) is 31.7 cm³/mol. The summed E-state index contributed by atoms with van der Waals surface area (Å²) in [6.07, 6.45) is 1.40. The van der Waals surface area contributed by atoms with Crippen molar-refractivity contribution >= 4 is 0 Å². The van der Waals surface area contributed by atoms with Gasteiger partial charge in [0.15, 0.2) is 0 Å². The third kappa shape index (κ3) is 1.16. The summed E-state index contributed by atoms with van der Waals surface area (Å²) in [7, 11) is 0. The van der Waals surface area contributed by atoms with E-state index in [1.807, 2.05) is 0 Å². The summed E-state index contributed by atoms with van der Waals surface area (Å²) in [6, 6.07) is 0. The van der Waals surface area contributed by atoms with Crippen LogP contribution in [0.5, 0.6) is 0 Å². The van der Waals surface area contributed by atoms with Crippen LogP contribution in [0.4, 0.5) is 0 Å². The largest absolute Gasteiger partial charge is 0.509 e. The fourth-order valence-electron chi connectivity index (χ4n) is 0.562. The Bertz CT molecular complexity index is 179. The Morgan fingerprint density at radius 3 is 2.67 bits per heavy atom. The van der Waals surface area contributed by atoms with Crippen LogP contribution in [0, 0.1) is 0 Å². The van der Waals surface area contributed by atoms with Gasteiger partial charge in [-0.1, -0.05) is 0 Å². The number of aliphatic hydroxyl groups is 2. The molecule has 0 radical (unpaired) electrons. The Morgan fingerprint density at radius 1 is 1.56 bits per heavy atom. The molecule has 2 N–H and O–H groups in total. The van der Waals surface area contributed by atoms with Crippen LogP contribution in [-0.2, 0) is 4.74 Å². The van der Waals surface area contributed by atoms with Crippen molar-refractivity contribution in [2.45, 2.75) is 13.3 Å². The van der Waals surface area contributed by atoms with Crippen LogP contribution in [0.1, 0.15) is 13.3 Å². The molecule has 0 atom stereocenters. The van der Waals surface area contributed by atoms with Crippen LogP contribution in [0.3, 0.4) is 0 Å². The van der Waals surface area contributed by atoms with Crippen LogP contribution in [0.15, 0.2) is 23.5 Å². The average molecular weight is 128 g/mol. The molecule has 3 nitrogen and oxygen atoms in total. The molecule has 0 aromatic rings. The molecule has 0 unspecified atom stereocenters. The second-order valence-electron chi connectivity index (χ2n) is 1.91. The molecule has 1 aliphatic rings. The van der Waals surface area contributed by atoms with Crippen LogP contribution in [0.25, 0.3) is 0 Å². The Hall–Kier alpha value is -1.12. The first-order valence-electron chi connectivity index (χ1n) is 2.63. The summed E-state index contributed by atoms with van der Waals surface area (Å²) >= 11 is 0. The molecule has 1 aliphatic heterocycles.